The molecule has 2 aliphatic rings. The van der Waals surface area contributed by atoms with Crippen molar-refractivity contribution in [1.29, 1.82) is 0 Å². The zero-order chi connectivity index (χ0) is 13.1. The molecule has 0 saturated carbocycles. The first-order chi connectivity index (χ1) is 9.33. The van der Waals surface area contributed by atoms with E-state index in [0.29, 0.717) is 12.0 Å². The summed E-state index contributed by atoms with van der Waals surface area (Å²) in [6.45, 7) is 6.21. The molecule has 1 fully saturated rings. The van der Waals surface area contributed by atoms with E-state index in [-0.39, 0.29) is 0 Å². The molecule has 0 aromatic heterocycles. The molecule has 2 aliphatic heterocycles. The van der Waals surface area contributed by atoms with Gasteiger partial charge in [-0.2, -0.15) is 0 Å². The van der Waals surface area contributed by atoms with Gasteiger partial charge in [-0.3, -0.25) is 0 Å². The number of anilines is 1. The lowest BCUT2D eigenvalue weighted by Gasteiger charge is -2.21. The van der Waals surface area contributed by atoms with Crippen molar-refractivity contribution in [2.45, 2.75) is 38.8 Å². The molecule has 1 aromatic rings. The average Bonchev–Trinajstić information content (AvgIpc) is 2.99. The van der Waals surface area contributed by atoms with Crippen molar-refractivity contribution in [2.24, 2.45) is 5.92 Å². The molecule has 104 valence electrons. The van der Waals surface area contributed by atoms with Crippen LogP contribution in [0.1, 0.15) is 30.9 Å². The molecule has 19 heavy (non-hydrogen) atoms. The summed E-state index contributed by atoms with van der Waals surface area (Å²) in [5.41, 5.74) is 4.20. The van der Waals surface area contributed by atoms with Gasteiger partial charge in [0, 0.05) is 31.4 Å². The summed E-state index contributed by atoms with van der Waals surface area (Å²) in [7, 11) is 0. The lowest BCUT2D eigenvalue weighted by molar-refractivity contribution is 0.178. The predicted octanol–water partition coefficient (Wildman–Crippen LogP) is 2.56. The van der Waals surface area contributed by atoms with E-state index in [1.54, 1.807) is 0 Å². The molecule has 2 atom stereocenters. The van der Waals surface area contributed by atoms with Crippen molar-refractivity contribution in [3.8, 4) is 0 Å². The standard InChI is InChI=1S/C16H24N2O/c1-12(15-6-8-19-11-15)18-10-13-4-5-16-14(9-13)3-2-7-17-16/h4-5,9,12,15,17-18H,2-3,6-8,10-11H2,1H3. The molecule has 0 aliphatic carbocycles. The Morgan fingerprint density at radius 3 is 3.26 bits per heavy atom. The van der Waals surface area contributed by atoms with Crippen LogP contribution in [0.2, 0.25) is 0 Å². The zero-order valence-electron chi connectivity index (χ0n) is 11.7. The fourth-order valence-electron chi connectivity index (χ4n) is 3.03. The lowest BCUT2D eigenvalue weighted by atomic mass is 9.99. The van der Waals surface area contributed by atoms with Crippen molar-refractivity contribution in [1.82, 2.24) is 5.32 Å². The predicted molar refractivity (Wildman–Crippen MR) is 78.5 cm³/mol. The van der Waals surface area contributed by atoms with Crippen LogP contribution in [0.25, 0.3) is 0 Å². The van der Waals surface area contributed by atoms with Crippen molar-refractivity contribution < 1.29 is 4.74 Å². The van der Waals surface area contributed by atoms with Crippen LogP contribution in [0.4, 0.5) is 5.69 Å². The molecule has 3 rings (SSSR count). The number of fused-ring (bicyclic) bond motifs is 1. The summed E-state index contributed by atoms with van der Waals surface area (Å²) in [4.78, 5) is 0. The highest BCUT2D eigenvalue weighted by Crippen LogP contribution is 2.23. The number of nitrogens with one attached hydrogen (secondary N) is 2. The van der Waals surface area contributed by atoms with E-state index in [9.17, 15) is 0 Å². The van der Waals surface area contributed by atoms with Gasteiger partial charge in [-0.1, -0.05) is 12.1 Å². The van der Waals surface area contributed by atoms with Crippen LogP contribution in [-0.2, 0) is 17.7 Å². The third-order valence-electron chi connectivity index (χ3n) is 4.41. The first-order valence-electron chi connectivity index (χ1n) is 7.50. The van der Waals surface area contributed by atoms with Crippen molar-refractivity contribution >= 4 is 5.69 Å². The number of benzene rings is 1. The number of aryl methyl sites for hydroxylation is 1. The quantitative estimate of drug-likeness (QED) is 0.873. The van der Waals surface area contributed by atoms with Gasteiger partial charge in [0.15, 0.2) is 0 Å². The zero-order valence-corrected chi connectivity index (χ0v) is 11.7. The van der Waals surface area contributed by atoms with Crippen LogP contribution in [0.3, 0.4) is 0 Å². The van der Waals surface area contributed by atoms with Gasteiger partial charge in [0.25, 0.3) is 0 Å². The molecule has 3 heteroatoms. The number of rotatable bonds is 4. The lowest BCUT2D eigenvalue weighted by Crippen LogP contribution is -2.33. The topological polar surface area (TPSA) is 33.3 Å². The second-order valence-corrected chi connectivity index (χ2v) is 5.82. The Morgan fingerprint density at radius 1 is 1.47 bits per heavy atom. The molecule has 0 radical (unpaired) electrons. The molecule has 0 spiro atoms. The Kier molecular flexibility index (Phi) is 4.04. The van der Waals surface area contributed by atoms with E-state index in [0.717, 1.165) is 26.3 Å². The summed E-state index contributed by atoms with van der Waals surface area (Å²) < 4.78 is 5.46. The molecule has 2 N–H and O–H groups in total. The van der Waals surface area contributed by atoms with E-state index in [2.05, 4.69) is 35.8 Å². The van der Waals surface area contributed by atoms with Crippen molar-refractivity contribution in [2.75, 3.05) is 25.1 Å². The molecule has 0 amide bonds. The Morgan fingerprint density at radius 2 is 2.42 bits per heavy atom. The maximum atomic E-state index is 5.46. The van der Waals surface area contributed by atoms with Crippen molar-refractivity contribution in [3.63, 3.8) is 0 Å². The Hall–Kier alpha value is -1.06. The minimum absolute atomic E-state index is 0.539. The molecule has 1 saturated heterocycles. The van der Waals surface area contributed by atoms with Gasteiger partial charge in [0.2, 0.25) is 0 Å². The van der Waals surface area contributed by atoms with Gasteiger partial charge in [-0.05, 0) is 49.3 Å². The molecule has 2 heterocycles. The fourth-order valence-corrected chi connectivity index (χ4v) is 3.03. The summed E-state index contributed by atoms with van der Waals surface area (Å²) in [5.74, 6) is 0.680. The number of hydrogen-bond donors (Lipinski definition) is 2. The maximum Gasteiger partial charge on any atom is 0.0509 e. The normalized spacial score (nSPS) is 23.7. The monoisotopic (exact) mass is 260 g/mol. The van der Waals surface area contributed by atoms with E-state index in [1.165, 1.54) is 36.1 Å². The SMILES string of the molecule is CC(NCc1ccc2c(c1)CCCN2)C1CCOC1. The fraction of sp³-hybridized carbons (Fsp3) is 0.625. The van der Waals surface area contributed by atoms with E-state index in [1.807, 2.05) is 0 Å². The van der Waals surface area contributed by atoms with E-state index < -0.39 is 0 Å². The van der Waals surface area contributed by atoms with Gasteiger partial charge in [-0.25, -0.2) is 0 Å². The Bertz CT molecular complexity index is 427. The molecular weight excluding hydrogens is 236 g/mol. The first-order valence-corrected chi connectivity index (χ1v) is 7.50. The Balaban J connectivity index is 1.57. The smallest absolute Gasteiger partial charge is 0.0509 e. The van der Waals surface area contributed by atoms with Gasteiger partial charge in [0.1, 0.15) is 0 Å². The van der Waals surface area contributed by atoms with Gasteiger partial charge < -0.3 is 15.4 Å². The summed E-state index contributed by atoms with van der Waals surface area (Å²) in [5, 5.41) is 7.11. The van der Waals surface area contributed by atoms with Crippen LogP contribution in [-0.4, -0.2) is 25.8 Å². The van der Waals surface area contributed by atoms with Gasteiger partial charge >= 0.3 is 0 Å². The highest BCUT2D eigenvalue weighted by Gasteiger charge is 2.21. The molecule has 3 nitrogen and oxygen atoms in total. The number of ether oxygens (including phenoxy) is 1. The maximum absolute atomic E-state index is 5.46. The Labute approximate surface area is 115 Å². The van der Waals surface area contributed by atoms with Crippen LogP contribution in [0, 0.1) is 5.92 Å². The van der Waals surface area contributed by atoms with Crippen LogP contribution < -0.4 is 10.6 Å². The van der Waals surface area contributed by atoms with Crippen molar-refractivity contribution in [3.05, 3.63) is 29.3 Å². The third kappa shape index (κ3) is 3.10. The molecule has 1 aromatic carbocycles. The summed E-state index contributed by atoms with van der Waals surface area (Å²) in [6, 6.07) is 7.36. The highest BCUT2D eigenvalue weighted by atomic mass is 16.5. The summed E-state index contributed by atoms with van der Waals surface area (Å²) in [6.07, 6.45) is 3.66. The minimum atomic E-state index is 0.539. The van der Waals surface area contributed by atoms with Crippen LogP contribution >= 0.6 is 0 Å². The summed E-state index contributed by atoms with van der Waals surface area (Å²) >= 11 is 0. The molecule has 2 unspecified atom stereocenters. The minimum Gasteiger partial charge on any atom is -0.385 e. The van der Waals surface area contributed by atoms with Gasteiger partial charge in [0.05, 0.1) is 6.61 Å². The van der Waals surface area contributed by atoms with Gasteiger partial charge in [-0.15, -0.1) is 0 Å². The third-order valence-corrected chi connectivity index (χ3v) is 4.41. The second-order valence-electron chi connectivity index (χ2n) is 5.82. The first kappa shape index (κ1) is 12.9. The van der Waals surface area contributed by atoms with Crippen LogP contribution in [0.5, 0.6) is 0 Å². The molecular formula is C16H24N2O. The largest absolute Gasteiger partial charge is 0.385 e. The van der Waals surface area contributed by atoms with Crippen LogP contribution in [0.15, 0.2) is 18.2 Å². The highest BCUT2D eigenvalue weighted by molar-refractivity contribution is 5.54. The number of hydrogen-bond acceptors (Lipinski definition) is 3. The van der Waals surface area contributed by atoms with E-state index in [4.69, 9.17) is 4.74 Å². The average molecular weight is 260 g/mol. The second kappa shape index (κ2) is 5.93. The molecule has 0 bridgehead atoms. The van der Waals surface area contributed by atoms with E-state index >= 15 is 0 Å².